The van der Waals surface area contributed by atoms with Crippen LogP contribution in [-0.2, 0) is 9.59 Å². The van der Waals surface area contributed by atoms with Crippen LogP contribution in [0.15, 0.2) is 72.8 Å². The quantitative estimate of drug-likeness (QED) is 0.283. The SMILES string of the molecule is Cc1ccc(NC(=O)[C@]23C(=O)Oc4ccccc4[C@H]2[C@@]3(C)C(=O)c2ccc(F)cc2)cc1. The van der Waals surface area contributed by atoms with Gasteiger partial charge in [0.15, 0.2) is 11.2 Å². The van der Waals surface area contributed by atoms with Gasteiger partial charge in [-0.25, -0.2) is 4.39 Å². The third-order valence-corrected chi connectivity index (χ3v) is 6.75. The number of rotatable bonds is 4. The van der Waals surface area contributed by atoms with E-state index in [1.807, 2.05) is 19.1 Å². The van der Waals surface area contributed by atoms with E-state index in [2.05, 4.69) is 5.32 Å². The average molecular weight is 429 g/mol. The molecule has 0 spiro atoms. The van der Waals surface area contributed by atoms with Gasteiger partial charge in [-0.15, -0.1) is 0 Å². The second-order valence-electron chi connectivity index (χ2n) is 8.53. The Hall–Kier alpha value is -3.80. The van der Waals surface area contributed by atoms with Gasteiger partial charge < -0.3 is 10.1 Å². The minimum Gasteiger partial charge on any atom is -0.425 e. The van der Waals surface area contributed by atoms with Crippen LogP contribution in [0.2, 0.25) is 0 Å². The third-order valence-electron chi connectivity index (χ3n) is 6.75. The summed E-state index contributed by atoms with van der Waals surface area (Å²) in [7, 11) is 0. The topological polar surface area (TPSA) is 72.5 Å². The van der Waals surface area contributed by atoms with E-state index < -0.39 is 40.2 Å². The summed E-state index contributed by atoms with van der Waals surface area (Å²) in [6, 6.07) is 19.2. The maximum Gasteiger partial charge on any atom is 0.328 e. The maximum atomic E-state index is 13.7. The highest BCUT2D eigenvalue weighted by Crippen LogP contribution is 2.78. The molecule has 1 heterocycles. The number of carbonyl (C=O) groups is 3. The molecule has 1 aliphatic carbocycles. The molecule has 0 radical (unpaired) electrons. The Morgan fingerprint density at radius 2 is 1.62 bits per heavy atom. The standard InChI is InChI=1S/C26H20FNO4/c1-15-7-13-18(14-8-15)28-23(30)26-21(19-5-3-4-6-20(19)32-24(26)31)25(26,2)22(29)16-9-11-17(27)12-10-16/h3-14,21H,1-2H3,(H,28,30)/t21-,25-,26-/m0/s1. The Bertz CT molecular complexity index is 1270. The summed E-state index contributed by atoms with van der Waals surface area (Å²) in [5.41, 5.74) is -0.710. The largest absolute Gasteiger partial charge is 0.425 e. The molecule has 0 unspecified atom stereocenters. The van der Waals surface area contributed by atoms with Gasteiger partial charge in [0.05, 0.1) is 5.41 Å². The molecule has 0 aromatic heterocycles. The van der Waals surface area contributed by atoms with E-state index >= 15 is 0 Å². The van der Waals surface area contributed by atoms with Crippen molar-refractivity contribution in [2.75, 3.05) is 5.32 Å². The number of amides is 1. The summed E-state index contributed by atoms with van der Waals surface area (Å²) in [4.78, 5) is 40.6. The number of hydrogen-bond acceptors (Lipinski definition) is 4. The van der Waals surface area contributed by atoms with Gasteiger partial charge in [0, 0.05) is 22.7 Å². The number of esters is 1. The van der Waals surface area contributed by atoms with Crippen molar-refractivity contribution in [3.63, 3.8) is 0 Å². The molecule has 160 valence electrons. The van der Waals surface area contributed by atoms with E-state index in [1.165, 1.54) is 24.3 Å². The highest BCUT2D eigenvalue weighted by Gasteiger charge is 2.88. The molecule has 0 bridgehead atoms. The van der Waals surface area contributed by atoms with Crippen LogP contribution >= 0.6 is 0 Å². The van der Waals surface area contributed by atoms with Crippen molar-refractivity contribution in [3.05, 3.63) is 95.3 Å². The van der Waals surface area contributed by atoms with Gasteiger partial charge in [-0.3, -0.25) is 14.4 Å². The van der Waals surface area contributed by atoms with Gasteiger partial charge in [-0.1, -0.05) is 35.9 Å². The van der Waals surface area contributed by atoms with Crippen LogP contribution in [0.3, 0.4) is 0 Å². The molecule has 1 fully saturated rings. The molecule has 5 rings (SSSR count). The van der Waals surface area contributed by atoms with Crippen molar-refractivity contribution in [3.8, 4) is 5.75 Å². The number of Topliss-reactive ketones (excluding diaryl/α,β-unsaturated/α-hetero) is 1. The number of ether oxygens (including phenoxy) is 1. The Morgan fingerprint density at radius 1 is 0.969 bits per heavy atom. The van der Waals surface area contributed by atoms with Crippen LogP contribution in [-0.4, -0.2) is 17.7 Å². The molecular weight excluding hydrogens is 409 g/mol. The fourth-order valence-corrected chi connectivity index (χ4v) is 5.02. The Kier molecular flexibility index (Phi) is 4.31. The van der Waals surface area contributed by atoms with Crippen LogP contribution in [0.25, 0.3) is 0 Å². The maximum absolute atomic E-state index is 13.7. The predicted octanol–water partition coefficient (Wildman–Crippen LogP) is 4.66. The molecule has 2 aliphatic rings. The van der Waals surface area contributed by atoms with Crippen molar-refractivity contribution in [2.45, 2.75) is 19.8 Å². The monoisotopic (exact) mass is 429 g/mol. The van der Waals surface area contributed by atoms with Crippen molar-refractivity contribution in [1.82, 2.24) is 0 Å². The number of aryl methyl sites for hydroxylation is 1. The molecule has 1 aliphatic heterocycles. The van der Waals surface area contributed by atoms with E-state index in [9.17, 15) is 18.8 Å². The summed E-state index contributed by atoms with van der Waals surface area (Å²) < 4.78 is 19.0. The Morgan fingerprint density at radius 3 is 2.31 bits per heavy atom. The molecule has 1 saturated carbocycles. The fraction of sp³-hybridized carbons (Fsp3) is 0.192. The number of para-hydroxylation sites is 1. The van der Waals surface area contributed by atoms with Crippen molar-refractivity contribution >= 4 is 23.3 Å². The van der Waals surface area contributed by atoms with Crippen LogP contribution in [0.1, 0.15) is 34.3 Å². The van der Waals surface area contributed by atoms with Crippen molar-refractivity contribution in [2.24, 2.45) is 10.8 Å². The molecular formula is C26H20FNO4. The first kappa shape index (κ1) is 20.1. The lowest BCUT2D eigenvalue weighted by Crippen LogP contribution is -2.42. The molecule has 3 aromatic rings. The minimum atomic E-state index is -1.72. The van der Waals surface area contributed by atoms with E-state index in [1.54, 1.807) is 43.3 Å². The second-order valence-corrected chi connectivity index (χ2v) is 8.53. The van der Waals surface area contributed by atoms with Crippen LogP contribution in [0.4, 0.5) is 10.1 Å². The number of fused-ring (bicyclic) bond motifs is 3. The van der Waals surface area contributed by atoms with Gasteiger partial charge in [0.1, 0.15) is 11.6 Å². The van der Waals surface area contributed by atoms with Gasteiger partial charge in [0.25, 0.3) is 0 Å². The Balaban J connectivity index is 1.62. The van der Waals surface area contributed by atoms with E-state index in [0.29, 0.717) is 17.0 Å². The molecule has 6 heteroatoms. The number of benzene rings is 3. The summed E-state index contributed by atoms with van der Waals surface area (Å²) in [6.45, 7) is 3.54. The molecule has 5 nitrogen and oxygen atoms in total. The molecule has 3 atom stereocenters. The van der Waals surface area contributed by atoms with E-state index in [4.69, 9.17) is 4.74 Å². The van der Waals surface area contributed by atoms with E-state index in [-0.39, 0.29) is 5.56 Å². The number of hydrogen-bond donors (Lipinski definition) is 1. The number of nitrogens with one attached hydrogen (secondary N) is 1. The first-order valence-corrected chi connectivity index (χ1v) is 10.3. The molecule has 32 heavy (non-hydrogen) atoms. The third kappa shape index (κ3) is 2.59. The summed E-state index contributed by atoms with van der Waals surface area (Å²) in [6.07, 6.45) is 0. The zero-order chi connectivity index (χ0) is 22.7. The van der Waals surface area contributed by atoms with Gasteiger partial charge in [-0.05, 0) is 56.3 Å². The zero-order valence-corrected chi connectivity index (χ0v) is 17.5. The number of carbonyl (C=O) groups excluding carboxylic acids is 3. The summed E-state index contributed by atoms with van der Waals surface area (Å²) in [5, 5.41) is 2.80. The first-order valence-electron chi connectivity index (χ1n) is 10.3. The highest BCUT2D eigenvalue weighted by atomic mass is 19.1. The fourth-order valence-electron chi connectivity index (χ4n) is 5.02. The van der Waals surface area contributed by atoms with Gasteiger partial charge in [0.2, 0.25) is 5.91 Å². The highest BCUT2D eigenvalue weighted by molar-refractivity contribution is 6.23. The second kappa shape index (κ2) is 6.85. The lowest BCUT2D eigenvalue weighted by molar-refractivity contribution is -0.147. The zero-order valence-electron chi connectivity index (χ0n) is 17.5. The number of anilines is 1. The van der Waals surface area contributed by atoms with Gasteiger partial charge >= 0.3 is 5.97 Å². The van der Waals surface area contributed by atoms with Crippen LogP contribution < -0.4 is 10.1 Å². The molecule has 3 aromatic carbocycles. The summed E-state index contributed by atoms with van der Waals surface area (Å²) in [5.74, 6) is -2.59. The van der Waals surface area contributed by atoms with Crippen LogP contribution in [0, 0.1) is 23.6 Å². The normalized spacial score (nSPS) is 25.2. The molecule has 1 N–H and O–H groups in total. The minimum absolute atomic E-state index is 0.232. The first-order chi connectivity index (χ1) is 15.3. The molecule has 1 amide bonds. The van der Waals surface area contributed by atoms with Crippen molar-refractivity contribution in [1.29, 1.82) is 0 Å². The van der Waals surface area contributed by atoms with Crippen LogP contribution in [0.5, 0.6) is 5.75 Å². The smallest absolute Gasteiger partial charge is 0.328 e. The number of ketones is 1. The summed E-state index contributed by atoms with van der Waals surface area (Å²) >= 11 is 0. The van der Waals surface area contributed by atoms with Crippen molar-refractivity contribution < 1.29 is 23.5 Å². The Labute approximate surface area is 184 Å². The van der Waals surface area contributed by atoms with Gasteiger partial charge in [-0.2, -0.15) is 0 Å². The molecule has 0 saturated heterocycles. The average Bonchev–Trinajstić information content (AvgIpc) is 3.39. The lowest BCUT2D eigenvalue weighted by atomic mass is 9.86. The predicted molar refractivity (Wildman–Crippen MR) is 116 cm³/mol. The van der Waals surface area contributed by atoms with E-state index in [0.717, 1.165) is 5.56 Å². The number of halogens is 1. The lowest BCUT2D eigenvalue weighted by Gasteiger charge is -2.23.